The Morgan fingerprint density at radius 1 is 1.04 bits per heavy atom. The van der Waals surface area contributed by atoms with E-state index in [-0.39, 0.29) is 47.9 Å². The van der Waals surface area contributed by atoms with Crippen molar-refractivity contribution in [2.75, 3.05) is 6.54 Å². The molecule has 0 aromatic heterocycles. The molecule has 3 amide bonds. The summed E-state index contributed by atoms with van der Waals surface area (Å²) >= 11 is 0. The molecule has 118 valence electrons. The lowest BCUT2D eigenvalue weighted by Crippen LogP contribution is -2.41. The van der Waals surface area contributed by atoms with E-state index >= 15 is 0 Å². The Morgan fingerprint density at radius 3 is 2.26 bits per heavy atom. The van der Waals surface area contributed by atoms with Crippen molar-refractivity contribution < 1.29 is 14.4 Å². The number of amides is 3. The zero-order valence-corrected chi connectivity index (χ0v) is 12.6. The van der Waals surface area contributed by atoms with Crippen molar-refractivity contribution in [3.8, 4) is 0 Å². The van der Waals surface area contributed by atoms with E-state index in [1.165, 1.54) is 0 Å². The van der Waals surface area contributed by atoms with Gasteiger partial charge in [0.25, 0.3) is 0 Å². The summed E-state index contributed by atoms with van der Waals surface area (Å²) < 4.78 is 0. The highest BCUT2D eigenvalue weighted by atomic mass is 16.2. The maximum Gasteiger partial charge on any atom is 0.240 e. The SMILES string of the molecule is O=C(CN1C(=O)[C@H]2[C@H](C1=O)[C@H]1C=C[C@H]2C1)NCc1ccccc1. The number of allylic oxidation sites excluding steroid dienone is 2. The predicted octanol–water partition coefficient (Wildman–Crippen LogP) is 1.11. The zero-order valence-electron chi connectivity index (χ0n) is 12.6. The van der Waals surface area contributed by atoms with Gasteiger partial charge in [-0.25, -0.2) is 0 Å². The molecule has 5 nitrogen and oxygen atoms in total. The van der Waals surface area contributed by atoms with Gasteiger partial charge in [0.15, 0.2) is 0 Å². The van der Waals surface area contributed by atoms with Crippen LogP contribution in [0.2, 0.25) is 0 Å². The van der Waals surface area contributed by atoms with Crippen LogP contribution in [0.4, 0.5) is 0 Å². The van der Waals surface area contributed by atoms with Crippen LogP contribution in [0.3, 0.4) is 0 Å². The number of nitrogens with zero attached hydrogens (tertiary/aromatic N) is 1. The maximum atomic E-state index is 12.5. The Kier molecular flexibility index (Phi) is 3.29. The highest BCUT2D eigenvalue weighted by Crippen LogP contribution is 2.52. The predicted molar refractivity (Wildman–Crippen MR) is 82.7 cm³/mol. The summed E-state index contributed by atoms with van der Waals surface area (Å²) in [7, 11) is 0. The molecule has 0 radical (unpaired) electrons. The van der Waals surface area contributed by atoms with E-state index in [0.717, 1.165) is 16.9 Å². The van der Waals surface area contributed by atoms with Crippen LogP contribution in [0.25, 0.3) is 0 Å². The first-order valence-electron chi connectivity index (χ1n) is 7.99. The molecule has 1 aromatic rings. The summed E-state index contributed by atoms with van der Waals surface area (Å²) in [6.45, 7) is 0.229. The van der Waals surface area contributed by atoms with Gasteiger partial charge in [-0.2, -0.15) is 0 Å². The van der Waals surface area contributed by atoms with Crippen LogP contribution in [0.1, 0.15) is 12.0 Å². The minimum Gasteiger partial charge on any atom is -0.350 e. The van der Waals surface area contributed by atoms with Crippen LogP contribution in [0, 0.1) is 23.7 Å². The molecule has 3 aliphatic rings. The molecule has 1 saturated heterocycles. The molecule has 0 spiro atoms. The summed E-state index contributed by atoms with van der Waals surface area (Å²) in [5, 5.41) is 2.77. The third-order valence-corrected chi connectivity index (χ3v) is 5.20. The van der Waals surface area contributed by atoms with Crippen LogP contribution in [0.15, 0.2) is 42.5 Å². The summed E-state index contributed by atoms with van der Waals surface area (Å²) in [6.07, 6.45) is 5.01. The molecule has 2 aliphatic carbocycles. The number of carbonyl (C=O) groups is 3. The van der Waals surface area contributed by atoms with Gasteiger partial charge < -0.3 is 5.32 Å². The molecule has 1 N–H and O–H groups in total. The average molecular weight is 310 g/mol. The Morgan fingerprint density at radius 2 is 1.65 bits per heavy atom. The minimum absolute atomic E-state index is 0.170. The van der Waals surface area contributed by atoms with Crippen molar-refractivity contribution in [2.24, 2.45) is 23.7 Å². The molecule has 4 rings (SSSR count). The first kappa shape index (κ1) is 14.2. The van der Waals surface area contributed by atoms with E-state index in [2.05, 4.69) is 17.5 Å². The number of rotatable bonds is 4. The first-order valence-corrected chi connectivity index (χ1v) is 7.99. The van der Waals surface area contributed by atoms with Crippen molar-refractivity contribution in [2.45, 2.75) is 13.0 Å². The fourth-order valence-corrected chi connectivity index (χ4v) is 4.12. The molecule has 0 unspecified atom stereocenters. The van der Waals surface area contributed by atoms with Crippen molar-refractivity contribution in [1.29, 1.82) is 0 Å². The number of hydrogen-bond acceptors (Lipinski definition) is 3. The number of carbonyl (C=O) groups excluding carboxylic acids is 3. The molecule has 1 aliphatic heterocycles. The molecule has 2 bridgehead atoms. The van der Waals surface area contributed by atoms with Crippen LogP contribution >= 0.6 is 0 Å². The number of likely N-dealkylation sites (tertiary alicyclic amines) is 1. The quantitative estimate of drug-likeness (QED) is 0.669. The lowest BCUT2D eigenvalue weighted by Gasteiger charge is -2.16. The molecule has 1 aromatic carbocycles. The summed E-state index contributed by atoms with van der Waals surface area (Å²) in [5.41, 5.74) is 0.985. The van der Waals surface area contributed by atoms with Gasteiger partial charge in [0.05, 0.1) is 11.8 Å². The Hall–Kier alpha value is -2.43. The molecule has 1 saturated carbocycles. The third-order valence-electron chi connectivity index (χ3n) is 5.20. The van der Waals surface area contributed by atoms with E-state index in [1.807, 2.05) is 30.3 Å². The normalized spacial score (nSPS) is 30.9. The van der Waals surface area contributed by atoms with Crippen molar-refractivity contribution in [3.63, 3.8) is 0 Å². The second kappa shape index (κ2) is 5.33. The van der Waals surface area contributed by atoms with E-state index in [0.29, 0.717) is 6.54 Å². The van der Waals surface area contributed by atoms with E-state index < -0.39 is 0 Å². The number of fused-ring (bicyclic) bond motifs is 5. The molecular weight excluding hydrogens is 292 g/mol. The standard InChI is InChI=1S/C18H18N2O3/c21-14(19-9-11-4-2-1-3-5-11)10-20-17(22)15-12-6-7-13(8-12)16(15)18(20)23/h1-7,12-13,15-16H,8-10H2,(H,19,21)/t12-,13-,15+,16+/m0/s1. The molecular formula is C18H18N2O3. The van der Waals surface area contributed by atoms with Crippen LogP contribution in [-0.4, -0.2) is 29.2 Å². The average Bonchev–Trinajstić information content (AvgIpc) is 3.24. The number of imide groups is 1. The van der Waals surface area contributed by atoms with Crippen molar-refractivity contribution in [3.05, 3.63) is 48.0 Å². The zero-order chi connectivity index (χ0) is 16.0. The first-order chi connectivity index (χ1) is 11.1. The van der Waals surface area contributed by atoms with Crippen molar-refractivity contribution in [1.82, 2.24) is 10.2 Å². The summed E-state index contributed by atoms with van der Waals surface area (Å²) in [4.78, 5) is 38.2. The second-order valence-corrected chi connectivity index (χ2v) is 6.52. The summed E-state index contributed by atoms with van der Waals surface area (Å²) in [5.74, 6) is -0.759. The van der Waals surface area contributed by atoms with Gasteiger partial charge in [0, 0.05) is 6.54 Å². The smallest absolute Gasteiger partial charge is 0.240 e. The monoisotopic (exact) mass is 310 g/mol. The molecule has 23 heavy (non-hydrogen) atoms. The highest BCUT2D eigenvalue weighted by Gasteiger charge is 2.59. The Balaban J connectivity index is 1.39. The van der Waals surface area contributed by atoms with Gasteiger partial charge in [-0.1, -0.05) is 42.5 Å². The fourth-order valence-electron chi connectivity index (χ4n) is 4.12. The van der Waals surface area contributed by atoms with Gasteiger partial charge in [0.1, 0.15) is 6.54 Å². The number of nitrogens with one attached hydrogen (secondary N) is 1. The van der Waals surface area contributed by atoms with Gasteiger partial charge in [0.2, 0.25) is 17.7 Å². The van der Waals surface area contributed by atoms with Gasteiger partial charge in [-0.3, -0.25) is 19.3 Å². The van der Waals surface area contributed by atoms with E-state index in [9.17, 15) is 14.4 Å². The van der Waals surface area contributed by atoms with Crippen LogP contribution < -0.4 is 5.32 Å². The topological polar surface area (TPSA) is 66.5 Å². The van der Waals surface area contributed by atoms with Crippen molar-refractivity contribution >= 4 is 17.7 Å². The summed E-state index contributed by atoms with van der Waals surface area (Å²) in [6, 6.07) is 9.55. The van der Waals surface area contributed by atoms with E-state index in [1.54, 1.807) is 0 Å². The minimum atomic E-state index is -0.296. The second-order valence-electron chi connectivity index (χ2n) is 6.52. The largest absolute Gasteiger partial charge is 0.350 e. The third kappa shape index (κ3) is 2.27. The Bertz CT molecular complexity index is 667. The number of hydrogen-bond donors (Lipinski definition) is 1. The van der Waals surface area contributed by atoms with Crippen LogP contribution in [-0.2, 0) is 20.9 Å². The molecule has 1 heterocycles. The lowest BCUT2D eigenvalue weighted by molar-refractivity contribution is -0.144. The fraction of sp³-hybridized carbons (Fsp3) is 0.389. The lowest BCUT2D eigenvalue weighted by atomic mass is 9.85. The molecule has 2 fully saturated rings. The molecule has 5 heteroatoms. The van der Waals surface area contributed by atoms with E-state index in [4.69, 9.17) is 0 Å². The number of benzene rings is 1. The van der Waals surface area contributed by atoms with Crippen LogP contribution in [0.5, 0.6) is 0 Å². The maximum absolute atomic E-state index is 12.5. The molecule has 4 atom stereocenters. The van der Waals surface area contributed by atoms with Gasteiger partial charge in [-0.15, -0.1) is 0 Å². The van der Waals surface area contributed by atoms with Gasteiger partial charge in [-0.05, 0) is 23.8 Å². The van der Waals surface area contributed by atoms with Gasteiger partial charge >= 0.3 is 0 Å². The Labute approximate surface area is 134 Å². The highest BCUT2D eigenvalue weighted by molar-refractivity contribution is 6.08.